The van der Waals surface area contributed by atoms with Crippen molar-refractivity contribution in [1.82, 2.24) is 0 Å². The highest BCUT2D eigenvalue weighted by atomic mass is 19.1. The van der Waals surface area contributed by atoms with Crippen LogP contribution in [0.3, 0.4) is 0 Å². The molecule has 0 aliphatic carbocycles. The van der Waals surface area contributed by atoms with Crippen LogP contribution in [0, 0.1) is 5.82 Å². The second-order valence-corrected chi connectivity index (χ2v) is 8.05. The Bertz CT molecular complexity index is 1010. The molecule has 158 valence electrons. The van der Waals surface area contributed by atoms with E-state index in [0.717, 1.165) is 29.8 Å². The predicted octanol–water partition coefficient (Wildman–Crippen LogP) is 6.16. The summed E-state index contributed by atoms with van der Waals surface area (Å²) in [4.78, 5) is 18.6. The molecule has 0 saturated heterocycles. The number of halogens is 1. The van der Waals surface area contributed by atoms with Crippen LogP contribution in [0.4, 0.5) is 15.8 Å². The van der Waals surface area contributed by atoms with E-state index in [4.69, 9.17) is 4.74 Å². The maximum Gasteiger partial charge on any atom is 0.338 e. The SMILES string of the molecule is CCCN1c2cc(F)c(C=Nc3cccc(C(=O)OCC)c3)cc2C(C)=CC1(C)C. The minimum atomic E-state index is -0.395. The fourth-order valence-electron chi connectivity index (χ4n) is 3.92. The van der Waals surface area contributed by atoms with Crippen LogP contribution in [0.25, 0.3) is 5.57 Å². The lowest BCUT2D eigenvalue weighted by atomic mass is 9.87. The van der Waals surface area contributed by atoms with Crippen LogP contribution in [0.15, 0.2) is 47.5 Å². The number of ether oxygens (including phenoxy) is 1. The molecule has 5 heteroatoms. The molecule has 2 aromatic carbocycles. The number of allylic oxidation sites excluding steroid dienone is 1. The summed E-state index contributed by atoms with van der Waals surface area (Å²) in [5.41, 5.74) is 4.31. The highest BCUT2D eigenvalue weighted by Gasteiger charge is 2.31. The first kappa shape index (κ1) is 21.8. The van der Waals surface area contributed by atoms with E-state index in [0.29, 0.717) is 23.4 Å². The van der Waals surface area contributed by atoms with Gasteiger partial charge in [0, 0.05) is 29.6 Å². The largest absolute Gasteiger partial charge is 0.462 e. The molecule has 0 N–H and O–H groups in total. The number of rotatable bonds is 6. The standard InChI is InChI=1S/C25H29FN2O2/c1-6-11-28-23-14-22(26)19(13-21(23)17(3)15-25(28,4)5)16-27-20-10-8-9-18(12-20)24(29)30-7-2/h8-10,12-16H,6-7,11H2,1-5H3. The van der Waals surface area contributed by atoms with Gasteiger partial charge in [0.15, 0.2) is 0 Å². The van der Waals surface area contributed by atoms with Crippen molar-refractivity contribution in [2.75, 3.05) is 18.1 Å². The van der Waals surface area contributed by atoms with E-state index < -0.39 is 5.97 Å². The molecule has 0 atom stereocenters. The number of aliphatic imine (C=N–C) groups is 1. The topological polar surface area (TPSA) is 41.9 Å². The van der Waals surface area contributed by atoms with Gasteiger partial charge < -0.3 is 9.64 Å². The van der Waals surface area contributed by atoms with Gasteiger partial charge in [0.05, 0.1) is 23.4 Å². The summed E-state index contributed by atoms with van der Waals surface area (Å²) in [5, 5.41) is 0. The summed E-state index contributed by atoms with van der Waals surface area (Å²) < 4.78 is 20.0. The number of benzene rings is 2. The molecule has 0 saturated carbocycles. The van der Waals surface area contributed by atoms with Crippen molar-refractivity contribution in [3.63, 3.8) is 0 Å². The molecule has 0 spiro atoms. The highest BCUT2D eigenvalue weighted by molar-refractivity contribution is 5.92. The predicted molar refractivity (Wildman–Crippen MR) is 121 cm³/mol. The highest BCUT2D eigenvalue weighted by Crippen LogP contribution is 2.40. The van der Waals surface area contributed by atoms with Crippen LogP contribution in [0.1, 0.15) is 62.5 Å². The van der Waals surface area contributed by atoms with Gasteiger partial charge in [-0.25, -0.2) is 9.18 Å². The summed E-state index contributed by atoms with van der Waals surface area (Å²) in [7, 11) is 0. The third-order valence-electron chi connectivity index (χ3n) is 5.25. The van der Waals surface area contributed by atoms with Gasteiger partial charge in [-0.1, -0.05) is 19.1 Å². The van der Waals surface area contributed by atoms with Crippen LogP contribution >= 0.6 is 0 Å². The lowest BCUT2D eigenvalue weighted by Crippen LogP contribution is -2.45. The average molecular weight is 409 g/mol. The van der Waals surface area contributed by atoms with Gasteiger partial charge in [-0.2, -0.15) is 0 Å². The molecule has 1 heterocycles. The lowest BCUT2D eigenvalue weighted by Gasteiger charge is -2.43. The van der Waals surface area contributed by atoms with E-state index >= 15 is 0 Å². The van der Waals surface area contributed by atoms with E-state index in [1.807, 2.05) is 6.07 Å². The first-order valence-corrected chi connectivity index (χ1v) is 10.4. The zero-order valence-electron chi connectivity index (χ0n) is 18.3. The van der Waals surface area contributed by atoms with Crippen LogP contribution in [0.2, 0.25) is 0 Å². The summed E-state index contributed by atoms with van der Waals surface area (Å²) in [6, 6.07) is 10.3. The zero-order chi connectivity index (χ0) is 21.9. The van der Waals surface area contributed by atoms with E-state index in [2.05, 4.69) is 43.7 Å². The van der Waals surface area contributed by atoms with Crippen LogP contribution in [-0.4, -0.2) is 30.9 Å². The van der Waals surface area contributed by atoms with Gasteiger partial charge in [0.2, 0.25) is 0 Å². The number of carbonyl (C=O) groups is 1. The molecule has 1 aliphatic rings. The fraction of sp³-hybridized carbons (Fsp3) is 0.360. The summed E-state index contributed by atoms with van der Waals surface area (Å²) >= 11 is 0. The van der Waals surface area contributed by atoms with Crippen molar-refractivity contribution in [1.29, 1.82) is 0 Å². The van der Waals surface area contributed by atoms with Crippen molar-refractivity contribution in [2.24, 2.45) is 4.99 Å². The Kier molecular flexibility index (Phi) is 6.40. The Morgan fingerprint density at radius 1 is 1.23 bits per heavy atom. The Morgan fingerprint density at radius 3 is 2.70 bits per heavy atom. The number of fused-ring (bicyclic) bond motifs is 1. The Morgan fingerprint density at radius 2 is 2.00 bits per heavy atom. The smallest absolute Gasteiger partial charge is 0.338 e. The number of hydrogen-bond acceptors (Lipinski definition) is 4. The number of anilines is 1. The van der Waals surface area contributed by atoms with Gasteiger partial charge in [0.25, 0.3) is 0 Å². The van der Waals surface area contributed by atoms with Crippen LogP contribution < -0.4 is 4.90 Å². The van der Waals surface area contributed by atoms with Crippen molar-refractivity contribution in [3.8, 4) is 0 Å². The second-order valence-electron chi connectivity index (χ2n) is 8.05. The Hall–Kier alpha value is -2.95. The average Bonchev–Trinajstić information content (AvgIpc) is 2.70. The van der Waals surface area contributed by atoms with Crippen molar-refractivity contribution in [3.05, 3.63) is 65.0 Å². The van der Waals surface area contributed by atoms with Crippen LogP contribution in [0.5, 0.6) is 0 Å². The van der Waals surface area contributed by atoms with Gasteiger partial charge in [-0.15, -0.1) is 0 Å². The van der Waals surface area contributed by atoms with Gasteiger partial charge in [0.1, 0.15) is 5.82 Å². The van der Waals surface area contributed by atoms with Gasteiger partial charge in [-0.05, 0) is 70.0 Å². The third kappa shape index (κ3) is 4.45. The van der Waals surface area contributed by atoms with Gasteiger partial charge >= 0.3 is 5.97 Å². The maximum atomic E-state index is 15.0. The number of hydrogen-bond donors (Lipinski definition) is 0. The van der Waals surface area contributed by atoms with E-state index in [1.54, 1.807) is 37.3 Å². The minimum absolute atomic E-state index is 0.164. The molecule has 30 heavy (non-hydrogen) atoms. The Balaban J connectivity index is 1.95. The molecular weight excluding hydrogens is 379 g/mol. The quantitative estimate of drug-likeness (QED) is 0.424. The molecule has 0 unspecified atom stereocenters. The summed E-state index contributed by atoms with van der Waals surface area (Å²) in [6.45, 7) is 11.4. The molecule has 0 bridgehead atoms. The molecule has 1 aliphatic heterocycles. The monoisotopic (exact) mass is 408 g/mol. The number of carbonyl (C=O) groups excluding carboxylic acids is 1. The molecular formula is C25H29FN2O2. The van der Waals surface area contributed by atoms with E-state index in [9.17, 15) is 9.18 Å². The molecule has 3 rings (SSSR count). The van der Waals surface area contributed by atoms with Crippen molar-refractivity contribution < 1.29 is 13.9 Å². The number of esters is 1. The molecule has 0 aromatic heterocycles. The normalized spacial score (nSPS) is 15.1. The Labute approximate surface area is 178 Å². The first-order chi connectivity index (χ1) is 14.3. The summed E-state index contributed by atoms with van der Waals surface area (Å²) in [5.74, 6) is -0.709. The number of nitrogens with zero attached hydrogens (tertiary/aromatic N) is 2. The summed E-state index contributed by atoms with van der Waals surface area (Å²) in [6.07, 6.45) is 4.72. The van der Waals surface area contributed by atoms with Crippen molar-refractivity contribution >= 4 is 29.1 Å². The van der Waals surface area contributed by atoms with Crippen molar-refractivity contribution in [2.45, 2.75) is 46.6 Å². The molecule has 4 nitrogen and oxygen atoms in total. The lowest BCUT2D eigenvalue weighted by molar-refractivity contribution is 0.0526. The van der Waals surface area contributed by atoms with E-state index in [-0.39, 0.29) is 11.4 Å². The van der Waals surface area contributed by atoms with Gasteiger partial charge in [-0.3, -0.25) is 4.99 Å². The molecule has 0 amide bonds. The minimum Gasteiger partial charge on any atom is -0.462 e. The molecule has 2 aromatic rings. The fourth-order valence-corrected chi connectivity index (χ4v) is 3.92. The molecule has 0 radical (unpaired) electrons. The second kappa shape index (κ2) is 8.82. The maximum absolute atomic E-state index is 15.0. The zero-order valence-corrected chi connectivity index (χ0v) is 18.3. The first-order valence-electron chi connectivity index (χ1n) is 10.4. The third-order valence-corrected chi connectivity index (χ3v) is 5.25. The van der Waals surface area contributed by atoms with E-state index in [1.165, 1.54) is 6.21 Å². The molecule has 0 fully saturated rings. The van der Waals surface area contributed by atoms with Crippen LogP contribution in [-0.2, 0) is 4.74 Å².